The van der Waals surface area contributed by atoms with Crippen LogP contribution in [0.3, 0.4) is 0 Å². The first kappa shape index (κ1) is 10.6. The number of aromatic nitrogens is 2. The summed E-state index contributed by atoms with van der Waals surface area (Å²) in [6, 6.07) is 0. The van der Waals surface area contributed by atoms with Crippen LogP contribution in [0.15, 0.2) is 11.2 Å². The molecule has 0 bridgehead atoms. The van der Waals surface area contributed by atoms with E-state index < -0.39 is 0 Å². The third-order valence-electron chi connectivity index (χ3n) is 1.30. The Bertz CT molecular complexity index is 297. The minimum Gasteiger partial charge on any atom is -0.395 e. The van der Waals surface area contributed by atoms with Crippen LogP contribution in [0.5, 0.6) is 0 Å². The molecule has 0 aliphatic rings. The molecule has 1 aromatic heterocycles. The van der Waals surface area contributed by atoms with Crippen molar-refractivity contribution in [1.82, 2.24) is 9.97 Å². The molecule has 1 atom stereocenters. The van der Waals surface area contributed by atoms with Crippen LogP contribution in [-0.2, 0) is 0 Å². The largest absolute Gasteiger partial charge is 0.395 e. The highest BCUT2D eigenvalue weighted by Crippen LogP contribution is 2.27. The molecule has 0 aliphatic carbocycles. The lowest BCUT2D eigenvalue weighted by Gasteiger charge is -2.07. The van der Waals surface area contributed by atoms with Gasteiger partial charge in [-0.3, -0.25) is 0 Å². The van der Waals surface area contributed by atoms with Crippen LogP contribution in [0.2, 0.25) is 5.02 Å². The van der Waals surface area contributed by atoms with Crippen LogP contribution in [0.4, 0.5) is 5.95 Å². The van der Waals surface area contributed by atoms with Gasteiger partial charge in [-0.15, -0.1) is 0 Å². The Hall–Kier alpha value is -0.520. The van der Waals surface area contributed by atoms with E-state index in [0.29, 0.717) is 10.0 Å². The molecule has 4 nitrogen and oxygen atoms in total. The highest BCUT2D eigenvalue weighted by Gasteiger charge is 2.08. The van der Waals surface area contributed by atoms with Gasteiger partial charge in [-0.2, -0.15) is 0 Å². The van der Waals surface area contributed by atoms with Crippen molar-refractivity contribution < 1.29 is 5.11 Å². The summed E-state index contributed by atoms with van der Waals surface area (Å²) in [5, 5.41) is 9.93. The molecule has 6 heteroatoms. The number of thioether (sulfide) groups is 1. The van der Waals surface area contributed by atoms with E-state index in [1.807, 2.05) is 6.92 Å². The minimum atomic E-state index is 0.0480. The Morgan fingerprint density at radius 1 is 1.77 bits per heavy atom. The smallest absolute Gasteiger partial charge is 0.221 e. The highest BCUT2D eigenvalue weighted by atomic mass is 35.5. The summed E-state index contributed by atoms with van der Waals surface area (Å²) in [7, 11) is 0. The van der Waals surface area contributed by atoms with E-state index in [1.54, 1.807) is 0 Å². The van der Waals surface area contributed by atoms with Crippen LogP contribution < -0.4 is 5.73 Å². The van der Waals surface area contributed by atoms with E-state index in [2.05, 4.69) is 9.97 Å². The third kappa shape index (κ3) is 3.02. The first-order valence-corrected chi connectivity index (χ1v) is 4.94. The molecule has 1 unspecified atom stereocenters. The molecule has 0 amide bonds. The number of nitrogens with two attached hydrogens (primary N) is 1. The third-order valence-corrected chi connectivity index (χ3v) is 2.78. The molecular formula is C7H10ClN3OS. The van der Waals surface area contributed by atoms with Crippen molar-refractivity contribution >= 4 is 29.3 Å². The fourth-order valence-electron chi connectivity index (χ4n) is 0.675. The van der Waals surface area contributed by atoms with Crippen molar-refractivity contribution in [2.24, 2.45) is 0 Å². The topological polar surface area (TPSA) is 72.0 Å². The van der Waals surface area contributed by atoms with Gasteiger partial charge < -0.3 is 10.8 Å². The molecular weight excluding hydrogens is 210 g/mol. The number of aliphatic hydroxyl groups is 1. The van der Waals surface area contributed by atoms with E-state index in [0.717, 1.165) is 0 Å². The van der Waals surface area contributed by atoms with Crippen molar-refractivity contribution in [2.45, 2.75) is 17.2 Å². The highest BCUT2D eigenvalue weighted by molar-refractivity contribution is 8.00. The fourth-order valence-corrected chi connectivity index (χ4v) is 1.67. The van der Waals surface area contributed by atoms with Gasteiger partial charge in [-0.25, -0.2) is 9.97 Å². The lowest BCUT2D eigenvalue weighted by Crippen LogP contribution is -2.04. The van der Waals surface area contributed by atoms with E-state index in [1.165, 1.54) is 18.0 Å². The van der Waals surface area contributed by atoms with Gasteiger partial charge in [-0.05, 0) is 0 Å². The number of nitrogen functional groups attached to an aromatic ring is 1. The molecule has 0 radical (unpaired) electrons. The Balaban J connectivity index is 2.81. The first-order chi connectivity index (χ1) is 6.13. The molecule has 72 valence electrons. The number of aliphatic hydroxyl groups excluding tert-OH is 1. The van der Waals surface area contributed by atoms with Gasteiger partial charge in [-0.1, -0.05) is 30.3 Å². The second kappa shape index (κ2) is 4.64. The van der Waals surface area contributed by atoms with Gasteiger partial charge in [0.25, 0.3) is 0 Å². The van der Waals surface area contributed by atoms with Crippen LogP contribution >= 0.6 is 23.4 Å². The SMILES string of the molecule is CC(CO)Sc1nc(N)ncc1Cl. The minimum absolute atomic E-state index is 0.0480. The van der Waals surface area contributed by atoms with E-state index in [-0.39, 0.29) is 17.8 Å². The molecule has 1 heterocycles. The summed E-state index contributed by atoms with van der Waals surface area (Å²) in [6.07, 6.45) is 1.45. The molecule has 1 aromatic rings. The number of rotatable bonds is 3. The summed E-state index contributed by atoms with van der Waals surface area (Å²) >= 11 is 7.19. The predicted molar refractivity (Wildman–Crippen MR) is 53.9 cm³/mol. The van der Waals surface area contributed by atoms with Crippen LogP contribution in [0, 0.1) is 0 Å². The molecule has 0 aliphatic heterocycles. The normalized spacial score (nSPS) is 12.8. The molecule has 13 heavy (non-hydrogen) atoms. The zero-order valence-electron chi connectivity index (χ0n) is 7.07. The Morgan fingerprint density at radius 2 is 2.46 bits per heavy atom. The zero-order chi connectivity index (χ0) is 9.84. The fraction of sp³-hybridized carbons (Fsp3) is 0.429. The Labute approximate surface area is 85.5 Å². The lowest BCUT2D eigenvalue weighted by atomic mass is 10.5. The van der Waals surface area contributed by atoms with Gasteiger partial charge in [0.15, 0.2) is 0 Å². The van der Waals surface area contributed by atoms with E-state index in [4.69, 9.17) is 22.4 Å². The number of hydrogen-bond acceptors (Lipinski definition) is 5. The van der Waals surface area contributed by atoms with Crippen molar-refractivity contribution in [1.29, 1.82) is 0 Å². The van der Waals surface area contributed by atoms with Gasteiger partial charge in [0, 0.05) is 5.25 Å². The summed E-state index contributed by atoms with van der Waals surface area (Å²) in [4.78, 5) is 7.68. The lowest BCUT2D eigenvalue weighted by molar-refractivity contribution is 0.300. The quantitative estimate of drug-likeness (QED) is 0.590. The first-order valence-electron chi connectivity index (χ1n) is 3.69. The van der Waals surface area contributed by atoms with E-state index in [9.17, 15) is 0 Å². The van der Waals surface area contributed by atoms with Crippen LogP contribution in [0.25, 0.3) is 0 Å². The maximum absolute atomic E-state index is 8.82. The molecule has 3 N–H and O–H groups in total. The molecule has 0 spiro atoms. The summed E-state index contributed by atoms with van der Waals surface area (Å²) in [6.45, 7) is 1.95. The van der Waals surface area contributed by atoms with Gasteiger partial charge in [0.2, 0.25) is 5.95 Å². The zero-order valence-corrected chi connectivity index (χ0v) is 8.64. The molecule has 0 saturated heterocycles. The van der Waals surface area contributed by atoms with Crippen molar-refractivity contribution in [3.8, 4) is 0 Å². The predicted octanol–water partition coefficient (Wildman–Crippen LogP) is 1.19. The Kier molecular flexibility index (Phi) is 3.77. The van der Waals surface area contributed by atoms with E-state index >= 15 is 0 Å². The van der Waals surface area contributed by atoms with Crippen LogP contribution in [0.1, 0.15) is 6.92 Å². The summed E-state index contributed by atoms with van der Waals surface area (Å²) in [5.41, 5.74) is 5.39. The maximum atomic E-state index is 8.82. The van der Waals surface area contributed by atoms with Crippen LogP contribution in [-0.4, -0.2) is 26.9 Å². The monoisotopic (exact) mass is 219 g/mol. The number of anilines is 1. The Morgan fingerprint density at radius 3 is 3.08 bits per heavy atom. The number of nitrogens with zero attached hydrogens (tertiary/aromatic N) is 2. The molecule has 1 rings (SSSR count). The van der Waals surface area contributed by atoms with Crippen molar-refractivity contribution in [3.05, 3.63) is 11.2 Å². The molecule has 0 fully saturated rings. The maximum Gasteiger partial charge on any atom is 0.221 e. The summed E-state index contributed by atoms with van der Waals surface area (Å²) < 4.78 is 0. The second-order valence-corrected chi connectivity index (χ2v) is 4.33. The number of hydrogen-bond donors (Lipinski definition) is 2. The van der Waals surface area contributed by atoms with Gasteiger partial charge >= 0.3 is 0 Å². The molecule has 0 saturated carbocycles. The van der Waals surface area contributed by atoms with Gasteiger partial charge in [0.1, 0.15) is 5.03 Å². The van der Waals surface area contributed by atoms with Gasteiger partial charge in [0.05, 0.1) is 17.8 Å². The molecule has 0 aromatic carbocycles. The average Bonchev–Trinajstić information content (AvgIpc) is 2.11. The van der Waals surface area contributed by atoms with Crippen molar-refractivity contribution in [2.75, 3.05) is 12.3 Å². The second-order valence-electron chi connectivity index (χ2n) is 2.49. The standard InChI is InChI=1S/C7H10ClN3OS/c1-4(3-12)13-6-5(8)2-10-7(9)11-6/h2,4,12H,3H2,1H3,(H2,9,10,11). The van der Waals surface area contributed by atoms with Crippen molar-refractivity contribution in [3.63, 3.8) is 0 Å². The summed E-state index contributed by atoms with van der Waals surface area (Å²) in [5.74, 6) is 0.192. The average molecular weight is 220 g/mol. The number of halogens is 1.